The number of nitrogens with one attached hydrogen (secondary N) is 2. The lowest BCUT2D eigenvalue weighted by atomic mass is 10.0. The molecule has 0 fully saturated rings. The molecule has 0 aromatic rings. The first-order valence-corrected chi connectivity index (χ1v) is 6.24. The summed E-state index contributed by atoms with van der Waals surface area (Å²) in [5.41, 5.74) is 0. The van der Waals surface area contributed by atoms with Gasteiger partial charge in [-0.25, -0.2) is 0 Å². The molecule has 0 aliphatic heterocycles. The van der Waals surface area contributed by atoms with Crippen molar-refractivity contribution in [1.82, 2.24) is 10.6 Å². The van der Waals surface area contributed by atoms with Gasteiger partial charge in [-0.15, -0.1) is 0 Å². The number of carbonyl (C=O) groups is 1. The molecule has 0 aromatic carbocycles. The zero-order valence-corrected chi connectivity index (χ0v) is 10.8. The van der Waals surface area contributed by atoms with E-state index in [0.29, 0.717) is 18.9 Å². The first-order valence-electron chi connectivity index (χ1n) is 6.24. The van der Waals surface area contributed by atoms with E-state index in [1.54, 1.807) is 0 Å². The van der Waals surface area contributed by atoms with E-state index in [9.17, 15) is 4.79 Å². The van der Waals surface area contributed by atoms with Crippen LogP contribution in [0.4, 0.5) is 0 Å². The second-order valence-corrected chi connectivity index (χ2v) is 4.25. The Labute approximate surface area is 98.8 Å². The van der Waals surface area contributed by atoms with Crippen LogP contribution in [0, 0.1) is 5.92 Å². The number of rotatable bonds is 9. The minimum absolute atomic E-state index is 0.0878. The van der Waals surface area contributed by atoms with Gasteiger partial charge in [0.05, 0.1) is 0 Å². The maximum Gasteiger partial charge on any atom is 0.221 e. The van der Waals surface area contributed by atoms with Crippen molar-refractivity contribution in [3.8, 4) is 0 Å². The van der Waals surface area contributed by atoms with Crippen molar-refractivity contribution < 1.29 is 9.90 Å². The van der Waals surface area contributed by atoms with E-state index in [2.05, 4.69) is 17.6 Å². The summed E-state index contributed by atoms with van der Waals surface area (Å²) in [5.74, 6) is 0.480. The molecule has 0 saturated heterocycles. The highest BCUT2D eigenvalue weighted by atomic mass is 16.3. The van der Waals surface area contributed by atoms with Crippen LogP contribution in [0.1, 0.15) is 40.0 Å². The van der Waals surface area contributed by atoms with Crippen molar-refractivity contribution >= 4 is 5.91 Å². The van der Waals surface area contributed by atoms with Gasteiger partial charge in [-0.05, 0) is 25.8 Å². The molecule has 0 saturated carbocycles. The van der Waals surface area contributed by atoms with Crippen molar-refractivity contribution in [3.05, 3.63) is 0 Å². The second-order valence-electron chi connectivity index (χ2n) is 4.25. The van der Waals surface area contributed by atoms with Gasteiger partial charge in [0, 0.05) is 25.6 Å². The molecule has 0 heterocycles. The molecule has 2 atom stereocenters. The maximum absolute atomic E-state index is 11.5. The SMILES string of the molecule is CCNC(C)CC(=O)NCC(CC)CCO. The molecule has 0 aliphatic rings. The van der Waals surface area contributed by atoms with E-state index in [-0.39, 0.29) is 18.6 Å². The topological polar surface area (TPSA) is 61.4 Å². The molecule has 96 valence electrons. The Morgan fingerprint density at radius 2 is 2.06 bits per heavy atom. The third-order valence-electron chi connectivity index (χ3n) is 2.75. The van der Waals surface area contributed by atoms with Crippen LogP contribution in [0.5, 0.6) is 0 Å². The van der Waals surface area contributed by atoms with Gasteiger partial charge in [0.15, 0.2) is 0 Å². The van der Waals surface area contributed by atoms with Gasteiger partial charge in [-0.2, -0.15) is 0 Å². The lowest BCUT2D eigenvalue weighted by Gasteiger charge is -2.16. The van der Waals surface area contributed by atoms with Gasteiger partial charge in [-0.1, -0.05) is 20.3 Å². The van der Waals surface area contributed by atoms with Crippen molar-refractivity contribution in [2.45, 2.75) is 46.1 Å². The fourth-order valence-electron chi connectivity index (χ4n) is 1.66. The van der Waals surface area contributed by atoms with Crippen LogP contribution >= 0.6 is 0 Å². The normalized spacial score (nSPS) is 14.5. The largest absolute Gasteiger partial charge is 0.396 e. The molecule has 1 amide bonds. The van der Waals surface area contributed by atoms with Gasteiger partial charge in [0.1, 0.15) is 0 Å². The molecule has 0 spiro atoms. The van der Waals surface area contributed by atoms with Crippen LogP contribution in [-0.2, 0) is 4.79 Å². The van der Waals surface area contributed by atoms with E-state index in [0.717, 1.165) is 19.4 Å². The molecule has 2 unspecified atom stereocenters. The number of aliphatic hydroxyl groups is 1. The molecule has 0 aromatic heterocycles. The molecule has 0 radical (unpaired) electrons. The standard InChI is InChI=1S/C12H26N2O2/c1-4-11(6-7-15)9-14-12(16)8-10(3)13-5-2/h10-11,13,15H,4-9H2,1-3H3,(H,14,16). The van der Waals surface area contributed by atoms with Crippen LogP contribution in [0.25, 0.3) is 0 Å². The predicted molar refractivity (Wildman–Crippen MR) is 66.2 cm³/mol. The Morgan fingerprint density at radius 1 is 1.38 bits per heavy atom. The molecule has 16 heavy (non-hydrogen) atoms. The first-order chi connectivity index (χ1) is 7.63. The van der Waals surface area contributed by atoms with Crippen molar-refractivity contribution in [1.29, 1.82) is 0 Å². The third-order valence-corrected chi connectivity index (χ3v) is 2.75. The summed E-state index contributed by atoms with van der Waals surface area (Å²) in [7, 11) is 0. The Hall–Kier alpha value is -0.610. The predicted octanol–water partition coefficient (Wildman–Crippen LogP) is 0.899. The van der Waals surface area contributed by atoms with Crippen molar-refractivity contribution in [3.63, 3.8) is 0 Å². The van der Waals surface area contributed by atoms with Gasteiger partial charge in [0.25, 0.3) is 0 Å². The molecule has 4 nitrogen and oxygen atoms in total. The van der Waals surface area contributed by atoms with E-state index >= 15 is 0 Å². The molecule has 0 bridgehead atoms. The van der Waals surface area contributed by atoms with Crippen LogP contribution in [0.3, 0.4) is 0 Å². The molecular weight excluding hydrogens is 204 g/mol. The summed E-state index contributed by atoms with van der Waals surface area (Å²) in [6, 6.07) is 0.225. The van der Waals surface area contributed by atoms with E-state index in [1.807, 2.05) is 13.8 Å². The van der Waals surface area contributed by atoms with Gasteiger partial charge >= 0.3 is 0 Å². The zero-order valence-electron chi connectivity index (χ0n) is 10.8. The number of amides is 1. The average molecular weight is 230 g/mol. The summed E-state index contributed by atoms with van der Waals surface area (Å²) in [5, 5.41) is 14.9. The van der Waals surface area contributed by atoms with Crippen LogP contribution < -0.4 is 10.6 Å². The van der Waals surface area contributed by atoms with E-state index < -0.39 is 0 Å². The zero-order chi connectivity index (χ0) is 12.4. The van der Waals surface area contributed by atoms with E-state index in [1.165, 1.54) is 0 Å². The van der Waals surface area contributed by atoms with Crippen LogP contribution in [-0.4, -0.2) is 36.8 Å². The maximum atomic E-state index is 11.5. The van der Waals surface area contributed by atoms with Crippen molar-refractivity contribution in [2.75, 3.05) is 19.7 Å². The van der Waals surface area contributed by atoms with Gasteiger partial charge in [0.2, 0.25) is 5.91 Å². The fourth-order valence-corrected chi connectivity index (χ4v) is 1.66. The minimum atomic E-state index is 0.0878. The van der Waals surface area contributed by atoms with Gasteiger partial charge < -0.3 is 15.7 Å². The highest BCUT2D eigenvalue weighted by molar-refractivity contribution is 5.76. The van der Waals surface area contributed by atoms with Crippen molar-refractivity contribution in [2.24, 2.45) is 5.92 Å². The summed E-state index contributed by atoms with van der Waals surface area (Å²) in [4.78, 5) is 11.5. The second kappa shape index (κ2) is 9.60. The Kier molecular flexibility index (Phi) is 9.24. The smallest absolute Gasteiger partial charge is 0.221 e. The molecular formula is C12H26N2O2. The lowest BCUT2D eigenvalue weighted by Crippen LogP contribution is -2.35. The average Bonchev–Trinajstić information content (AvgIpc) is 2.24. The highest BCUT2D eigenvalue weighted by Crippen LogP contribution is 2.05. The molecule has 0 rings (SSSR count). The van der Waals surface area contributed by atoms with Crippen LogP contribution in [0.15, 0.2) is 0 Å². The fraction of sp³-hybridized carbons (Fsp3) is 0.917. The summed E-state index contributed by atoms with van der Waals surface area (Å²) >= 11 is 0. The monoisotopic (exact) mass is 230 g/mol. The number of hydrogen-bond acceptors (Lipinski definition) is 3. The molecule has 3 N–H and O–H groups in total. The molecule has 0 aliphatic carbocycles. The molecule has 4 heteroatoms. The third kappa shape index (κ3) is 7.65. The number of aliphatic hydroxyl groups excluding tert-OH is 1. The Balaban J connectivity index is 3.70. The summed E-state index contributed by atoms with van der Waals surface area (Å²) < 4.78 is 0. The Morgan fingerprint density at radius 3 is 2.56 bits per heavy atom. The minimum Gasteiger partial charge on any atom is -0.396 e. The van der Waals surface area contributed by atoms with Gasteiger partial charge in [-0.3, -0.25) is 4.79 Å². The first kappa shape index (κ1) is 15.4. The highest BCUT2D eigenvalue weighted by Gasteiger charge is 2.10. The lowest BCUT2D eigenvalue weighted by molar-refractivity contribution is -0.121. The summed E-state index contributed by atoms with van der Waals surface area (Å²) in [6.45, 7) is 7.87. The number of hydrogen-bond donors (Lipinski definition) is 3. The summed E-state index contributed by atoms with van der Waals surface area (Å²) in [6.07, 6.45) is 2.27. The quantitative estimate of drug-likeness (QED) is 0.551. The number of carbonyl (C=O) groups excluding carboxylic acids is 1. The Bertz CT molecular complexity index is 186. The van der Waals surface area contributed by atoms with E-state index in [4.69, 9.17) is 5.11 Å². The van der Waals surface area contributed by atoms with Crippen LogP contribution in [0.2, 0.25) is 0 Å².